The van der Waals surface area contributed by atoms with Crippen molar-refractivity contribution in [1.82, 2.24) is 9.88 Å². The first kappa shape index (κ1) is 14.8. The molecular weight excluding hydrogens is 271 g/mol. The highest BCUT2D eigenvalue weighted by atomic mass is 19.4. The Labute approximate surface area is 114 Å². The quantitative estimate of drug-likeness (QED) is 0.858. The zero-order valence-corrected chi connectivity index (χ0v) is 11.0. The number of nitrogens with two attached hydrogens (primary N) is 1. The van der Waals surface area contributed by atoms with E-state index in [2.05, 4.69) is 4.98 Å². The second-order valence-electron chi connectivity index (χ2n) is 5.04. The second kappa shape index (κ2) is 5.40. The van der Waals surface area contributed by atoms with Crippen LogP contribution < -0.4 is 5.73 Å². The van der Waals surface area contributed by atoms with Gasteiger partial charge >= 0.3 is 6.18 Å². The van der Waals surface area contributed by atoms with E-state index in [1.165, 1.54) is 12.3 Å². The van der Waals surface area contributed by atoms with Gasteiger partial charge in [-0.25, -0.2) is 0 Å². The molecule has 0 saturated carbocycles. The predicted octanol–water partition coefficient (Wildman–Crippen LogP) is 1.88. The van der Waals surface area contributed by atoms with Gasteiger partial charge in [-0.05, 0) is 31.9 Å². The van der Waals surface area contributed by atoms with Gasteiger partial charge in [0.2, 0.25) is 0 Å². The van der Waals surface area contributed by atoms with Crippen LogP contribution in [0.15, 0.2) is 18.3 Å². The van der Waals surface area contributed by atoms with Gasteiger partial charge in [0.25, 0.3) is 5.91 Å². The average molecular weight is 287 g/mol. The Bertz CT molecular complexity index is 487. The van der Waals surface area contributed by atoms with Crippen LogP contribution in [0, 0.1) is 6.92 Å². The lowest BCUT2D eigenvalue weighted by molar-refractivity contribution is -0.184. The van der Waals surface area contributed by atoms with Crippen molar-refractivity contribution < 1.29 is 18.0 Å². The molecule has 0 aromatic carbocycles. The fraction of sp³-hybridized carbons (Fsp3) is 0.538. The molecule has 1 aromatic heterocycles. The van der Waals surface area contributed by atoms with Crippen LogP contribution in [0.25, 0.3) is 0 Å². The summed E-state index contributed by atoms with van der Waals surface area (Å²) in [6.07, 6.45) is -3.03. The minimum absolute atomic E-state index is 0.0864. The van der Waals surface area contributed by atoms with E-state index >= 15 is 0 Å². The van der Waals surface area contributed by atoms with Crippen molar-refractivity contribution in [2.75, 3.05) is 6.54 Å². The Hall–Kier alpha value is -1.63. The zero-order chi connectivity index (χ0) is 14.9. The molecule has 2 unspecified atom stereocenters. The summed E-state index contributed by atoms with van der Waals surface area (Å²) in [6.45, 7) is 1.65. The molecule has 1 fully saturated rings. The zero-order valence-electron chi connectivity index (χ0n) is 11.0. The molecule has 0 spiro atoms. The maximum atomic E-state index is 13.0. The summed E-state index contributed by atoms with van der Waals surface area (Å²) in [5, 5.41) is 0. The molecule has 0 aliphatic carbocycles. The van der Waals surface area contributed by atoms with Crippen molar-refractivity contribution in [2.24, 2.45) is 5.73 Å². The molecule has 2 rings (SSSR count). The summed E-state index contributed by atoms with van der Waals surface area (Å²) in [6, 6.07) is 0.893. The molecule has 0 bridgehead atoms. The number of pyridine rings is 1. The van der Waals surface area contributed by atoms with E-state index in [0.29, 0.717) is 5.69 Å². The van der Waals surface area contributed by atoms with Crippen LogP contribution in [0.1, 0.15) is 28.9 Å². The van der Waals surface area contributed by atoms with Gasteiger partial charge in [0.1, 0.15) is 6.04 Å². The molecule has 110 valence electrons. The molecule has 1 saturated heterocycles. The minimum Gasteiger partial charge on any atom is -0.326 e. The smallest absolute Gasteiger partial charge is 0.326 e. The lowest BCUT2D eigenvalue weighted by Crippen LogP contribution is -2.56. The Balaban J connectivity index is 2.26. The van der Waals surface area contributed by atoms with Gasteiger partial charge in [0, 0.05) is 24.5 Å². The second-order valence-corrected chi connectivity index (χ2v) is 5.04. The monoisotopic (exact) mass is 287 g/mol. The number of piperidine rings is 1. The number of aryl methyl sites for hydroxylation is 1. The van der Waals surface area contributed by atoms with Gasteiger partial charge in [0.05, 0.1) is 5.56 Å². The summed E-state index contributed by atoms with van der Waals surface area (Å²) in [4.78, 5) is 17.0. The fourth-order valence-corrected chi connectivity index (χ4v) is 2.32. The van der Waals surface area contributed by atoms with E-state index in [0.717, 1.165) is 4.90 Å². The maximum absolute atomic E-state index is 13.0. The molecule has 2 heterocycles. The van der Waals surface area contributed by atoms with Gasteiger partial charge in [-0.2, -0.15) is 13.2 Å². The summed E-state index contributed by atoms with van der Waals surface area (Å²) >= 11 is 0. The predicted molar refractivity (Wildman–Crippen MR) is 67.1 cm³/mol. The summed E-state index contributed by atoms with van der Waals surface area (Å²) in [5.41, 5.74) is 6.54. The van der Waals surface area contributed by atoms with E-state index < -0.39 is 24.2 Å². The third-order valence-corrected chi connectivity index (χ3v) is 3.42. The number of hydrogen-bond acceptors (Lipinski definition) is 3. The van der Waals surface area contributed by atoms with Crippen LogP contribution in [-0.4, -0.2) is 40.6 Å². The number of rotatable bonds is 1. The summed E-state index contributed by atoms with van der Waals surface area (Å²) in [7, 11) is 0. The van der Waals surface area contributed by atoms with Crippen LogP contribution in [0.5, 0.6) is 0 Å². The van der Waals surface area contributed by atoms with Gasteiger partial charge in [-0.1, -0.05) is 0 Å². The van der Waals surface area contributed by atoms with Crippen molar-refractivity contribution in [3.8, 4) is 0 Å². The number of halogens is 3. The Morgan fingerprint density at radius 2 is 2.10 bits per heavy atom. The number of alkyl halides is 3. The highest BCUT2D eigenvalue weighted by Crippen LogP contribution is 2.32. The molecule has 1 aliphatic rings. The number of likely N-dealkylation sites (tertiary alicyclic amines) is 1. The topological polar surface area (TPSA) is 59.2 Å². The third-order valence-electron chi connectivity index (χ3n) is 3.42. The lowest BCUT2D eigenvalue weighted by Gasteiger charge is -2.39. The van der Waals surface area contributed by atoms with Crippen molar-refractivity contribution in [2.45, 2.75) is 38.0 Å². The summed E-state index contributed by atoms with van der Waals surface area (Å²) in [5.74, 6) is -0.671. The molecule has 2 N–H and O–H groups in total. The Kier molecular flexibility index (Phi) is 3.99. The highest BCUT2D eigenvalue weighted by molar-refractivity contribution is 5.94. The standard InChI is InChI=1S/C13H16F3N3O/c1-8-2-3-9(6-18-8)12(20)19-7-10(17)4-5-11(19)13(14,15)16/h2-3,6,10-11H,4-5,7,17H2,1H3. The molecule has 0 radical (unpaired) electrons. The van der Waals surface area contributed by atoms with Crippen molar-refractivity contribution >= 4 is 5.91 Å². The Morgan fingerprint density at radius 1 is 1.40 bits per heavy atom. The largest absolute Gasteiger partial charge is 0.408 e. The molecule has 4 nitrogen and oxygen atoms in total. The van der Waals surface area contributed by atoms with Crippen LogP contribution >= 0.6 is 0 Å². The van der Waals surface area contributed by atoms with E-state index in [9.17, 15) is 18.0 Å². The molecule has 20 heavy (non-hydrogen) atoms. The minimum atomic E-state index is -4.44. The van der Waals surface area contributed by atoms with Crippen LogP contribution in [0.3, 0.4) is 0 Å². The van der Waals surface area contributed by atoms with Crippen molar-refractivity contribution in [3.63, 3.8) is 0 Å². The first-order chi connectivity index (χ1) is 9.29. The molecule has 1 aliphatic heterocycles. The number of nitrogens with zero attached hydrogens (tertiary/aromatic N) is 2. The fourth-order valence-electron chi connectivity index (χ4n) is 2.32. The SMILES string of the molecule is Cc1ccc(C(=O)N2CC(N)CCC2C(F)(F)F)cn1. The number of amides is 1. The average Bonchev–Trinajstić information content (AvgIpc) is 2.37. The number of hydrogen-bond donors (Lipinski definition) is 1. The molecular formula is C13H16F3N3O. The van der Waals surface area contributed by atoms with Gasteiger partial charge in [-0.15, -0.1) is 0 Å². The van der Waals surface area contributed by atoms with E-state index in [-0.39, 0.29) is 24.9 Å². The van der Waals surface area contributed by atoms with E-state index in [4.69, 9.17) is 5.73 Å². The highest BCUT2D eigenvalue weighted by Gasteiger charge is 2.47. The van der Waals surface area contributed by atoms with Crippen molar-refractivity contribution in [3.05, 3.63) is 29.6 Å². The first-order valence-corrected chi connectivity index (χ1v) is 6.35. The lowest BCUT2D eigenvalue weighted by atomic mass is 9.97. The van der Waals surface area contributed by atoms with Crippen LogP contribution in [0.4, 0.5) is 13.2 Å². The van der Waals surface area contributed by atoms with Crippen LogP contribution in [-0.2, 0) is 0 Å². The molecule has 7 heteroatoms. The first-order valence-electron chi connectivity index (χ1n) is 6.35. The van der Waals surface area contributed by atoms with Gasteiger partial charge < -0.3 is 10.6 Å². The summed E-state index contributed by atoms with van der Waals surface area (Å²) < 4.78 is 39.0. The van der Waals surface area contributed by atoms with Gasteiger partial charge in [-0.3, -0.25) is 9.78 Å². The number of carbonyl (C=O) groups is 1. The maximum Gasteiger partial charge on any atom is 0.408 e. The molecule has 2 atom stereocenters. The number of carbonyl (C=O) groups excluding carboxylic acids is 1. The third kappa shape index (κ3) is 3.09. The van der Waals surface area contributed by atoms with Crippen LogP contribution in [0.2, 0.25) is 0 Å². The molecule has 1 aromatic rings. The van der Waals surface area contributed by atoms with Gasteiger partial charge in [0.15, 0.2) is 0 Å². The van der Waals surface area contributed by atoms with E-state index in [1.54, 1.807) is 13.0 Å². The van der Waals surface area contributed by atoms with Crippen molar-refractivity contribution in [1.29, 1.82) is 0 Å². The molecule has 1 amide bonds. The normalized spacial score (nSPS) is 23.8. The Morgan fingerprint density at radius 3 is 2.65 bits per heavy atom. The van der Waals surface area contributed by atoms with E-state index in [1.807, 2.05) is 0 Å². The number of aromatic nitrogens is 1.